The minimum absolute atomic E-state index is 0.00205. The number of ether oxygens (including phenoxy) is 2. The van der Waals surface area contributed by atoms with Crippen molar-refractivity contribution in [2.45, 2.75) is 89.9 Å². The number of Topliss-reactive ketones (excluding diaryl/α,β-unsaturated/α-hetero) is 1. The van der Waals surface area contributed by atoms with Gasteiger partial charge >= 0.3 is 16.4 Å². The van der Waals surface area contributed by atoms with Crippen LogP contribution in [-0.2, 0) is 33.6 Å². The molecular formula is C28H38O8S. The molecule has 0 aromatic rings. The molecule has 10 atom stereocenters. The Morgan fingerprint density at radius 1 is 1.05 bits per heavy atom. The molecule has 37 heavy (non-hydrogen) atoms. The summed E-state index contributed by atoms with van der Waals surface area (Å²) in [6.45, 7) is 10.9. The van der Waals surface area contributed by atoms with Crippen LogP contribution in [0.15, 0.2) is 23.8 Å². The van der Waals surface area contributed by atoms with Gasteiger partial charge in [0.05, 0.1) is 23.7 Å². The van der Waals surface area contributed by atoms with E-state index in [-0.39, 0.29) is 41.5 Å². The molecular weight excluding hydrogens is 496 g/mol. The molecule has 0 amide bonds. The van der Waals surface area contributed by atoms with Crippen molar-refractivity contribution in [3.63, 3.8) is 0 Å². The molecule has 0 radical (unpaired) electrons. The van der Waals surface area contributed by atoms with Gasteiger partial charge in [0.2, 0.25) is 0 Å². The monoisotopic (exact) mass is 534 g/mol. The normalized spacial score (nSPS) is 49.5. The van der Waals surface area contributed by atoms with Crippen molar-refractivity contribution in [2.75, 3.05) is 6.61 Å². The minimum Gasteiger partial charge on any atom is -0.458 e. The standard InChI is InChI=1S/C28H38O8S/c1-15-25(30)35-23-13-27(15,3)34-14-19(23)21-8-7-20-18-6-5-16-11-17(36-37(31,32)33)12-24(29)28(16,4)22(18)9-10-26(20,21)2/h5,17-23H,1,6-14H2,2-4H3,(H,31,32,33). The van der Waals surface area contributed by atoms with Gasteiger partial charge in [-0.3, -0.25) is 9.35 Å². The van der Waals surface area contributed by atoms with E-state index in [1.165, 1.54) is 0 Å². The number of hydrogen-bond donors (Lipinski definition) is 1. The summed E-state index contributed by atoms with van der Waals surface area (Å²) in [7, 11) is -4.61. The molecule has 10 unspecified atom stereocenters. The highest BCUT2D eigenvalue weighted by atomic mass is 32.3. The first-order chi connectivity index (χ1) is 17.3. The minimum atomic E-state index is -4.61. The van der Waals surface area contributed by atoms with Gasteiger partial charge in [0.1, 0.15) is 17.5 Å². The highest BCUT2D eigenvalue weighted by molar-refractivity contribution is 7.80. The van der Waals surface area contributed by atoms with E-state index in [1.807, 2.05) is 13.8 Å². The Morgan fingerprint density at radius 3 is 2.46 bits per heavy atom. The van der Waals surface area contributed by atoms with E-state index in [4.69, 9.17) is 18.2 Å². The molecule has 204 valence electrons. The Balaban J connectivity index is 1.24. The number of hydrogen-bond acceptors (Lipinski definition) is 7. The van der Waals surface area contributed by atoms with Crippen molar-refractivity contribution in [3.05, 3.63) is 23.8 Å². The van der Waals surface area contributed by atoms with Crippen molar-refractivity contribution in [2.24, 2.45) is 40.4 Å². The van der Waals surface area contributed by atoms with E-state index in [9.17, 15) is 18.0 Å². The fourth-order valence-corrected chi connectivity index (χ4v) is 10.1. The molecule has 2 aliphatic heterocycles. The van der Waals surface area contributed by atoms with E-state index < -0.39 is 27.5 Å². The molecule has 2 saturated heterocycles. The number of allylic oxidation sites excluding steroid dienone is 1. The van der Waals surface area contributed by atoms with Crippen LogP contribution in [0.2, 0.25) is 0 Å². The van der Waals surface area contributed by atoms with E-state index >= 15 is 0 Å². The average molecular weight is 535 g/mol. The summed E-state index contributed by atoms with van der Waals surface area (Å²) in [4.78, 5) is 26.0. The van der Waals surface area contributed by atoms with Crippen LogP contribution in [0.5, 0.6) is 0 Å². The third kappa shape index (κ3) is 3.74. The molecule has 4 aliphatic carbocycles. The largest absolute Gasteiger partial charge is 0.458 e. The summed E-state index contributed by atoms with van der Waals surface area (Å²) < 4.78 is 48.7. The van der Waals surface area contributed by atoms with Crippen LogP contribution >= 0.6 is 0 Å². The van der Waals surface area contributed by atoms with Crippen LogP contribution in [0.4, 0.5) is 0 Å². The highest BCUT2D eigenvalue weighted by Crippen LogP contribution is 2.67. The Bertz CT molecular complexity index is 1190. The molecule has 1 N–H and O–H groups in total. The van der Waals surface area contributed by atoms with Crippen LogP contribution in [0.3, 0.4) is 0 Å². The molecule has 6 aliphatic rings. The maximum absolute atomic E-state index is 13.5. The van der Waals surface area contributed by atoms with Crippen molar-refractivity contribution >= 4 is 22.2 Å². The first kappa shape index (κ1) is 25.7. The number of rotatable bonds is 3. The van der Waals surface area contributed by atoms with Crippen molar-refractivity contribution in [3.8, 4) is 0 Å². The number of fused-ring (bicyclic) bond motifs is 7. The molecule has 0 aromatic carbocycles. The Morgan fingerprint density at radius 2 is 1.76 bits per heavy atom. The highest BCUT2D eigenvalue weighted by Gasteiger charge is 2.63. The molecule has 0 spiro atoms. The predicted octanol–water partition coefficient (Wildman–Crippen LogP) is 4.21. The Hall–Kier alpha value is -1.55. The number of esters is 1. The fourth-order valence-electron chi connectivity index (χ4n) is 9.58. The fraction of sp³-hybridized carbons (Fsp3) is 0.786. The van der Waals surface area contributed by atoms with Gasteiger partial charge in [-0.05, 0) is 81.5 Å². The topological polar surface area (TPSA) is 116 Å². The number of carbonyl (C=O) groups excluding carboxylic acids is 2. The van der Waals surface area contributed by atoms with Gasteiger partial charge in [-0.2, -0.15) is 8.42 Å². The van der Waals surface area contributed by atoms with Crippen LogP contribution in [-0.4, -0.2) is 49.1 Å². The van der Waals surface area contributed by atoms with Crippen molar-refractivity contribution < 1.29 is 36.2 Å². The molecule has 8 nitrogen and oxygen atoms in total. The van der Waals surface area contributed by atoms with Crippen LogP contribution < -0.4 is 0 Å². The molecule has 3 saturated carbocycles. The van der Waals surface area contributed by atoms with Gasteiger partial charge in [0.25, 0.3) is 0 Å². The Labute approximate surface area is 219 Å². The molecule has 9 heteroatoms. The van der Waals surface area contributed by atoms with E-state index in [1.54, 1.807) is 0 Å². The first-order valence-corrected chi connectivity index (χ1v) is 15.1. The van der Waals surface area contributed by atoms with Gasteiger partial charge in [-0.1, -0.05) is 25.2 Å². The molecule has 2 heterocycles. The quantitative estimate of drug-likeness (QED) is 0.248. The summed E-state index contributed by atoms with van der Waals surface area (Å²) in [6.07, 6.45) is 7.14. The average Bonchev–Trinajstić information content (AvgIpc) is 3.15. The second-order valence-electron chi connectivity index (χ2n) is 13.1. The smallest absolute Gasteiger partial charge is 0.397 e. The lowest BCUT2D eigenvalue weighted by Gasteiger charge is -2.58. The maximum Gasteiger partial charge on any atom is 0.397 e. The van der Waals surface area contributed by atoms with Gasteiger partial charge < -0.3 is 9.47 Å². The van der Waals surface area contributed by atoms with Gasteiger partial charge in [-0.15, -0.1) is 0 Å². The lowest BCUT2D eigenvalue weighted by molar-refractivity contribution is -0.200. The lowest BCUT2D eigenvalue weighted by Crippen LogP contribution is -2.58. The maximum atomic E-state index is 13.5. The van der Waals surface area contributed by atoms with Crippen molar-refractivity contribution in [1.29, 1.82) is 0 Å². The zero-order valence-corrected chi connectivity index (χ0v) is 22.7. The first-order valence-electron chi connectivity index (χ1n) is 13.7. The van der Waals surface area contributed by atoms with E-state index in [2.05, 4.69) is 19.6 Å². The number of carbonyl (C=O) groups is 2. The SMILES string of the molecule is C=C1C(=O)OC2CC1(C)OCC2C1CCC2C3CC=C4CC(OS(=O)(=O)O)CC(=O)C4(C)C3CCC12C. The van der Waals surface area contributed by atoms with Crippen LogP contribution in [0, 0.1) is 40.4 Å². The zero-order chi connectivity index (χ0) is 26.5. The van der Waals surface area contributed by atoms with Gasteiger partial charge in [-0.25, -0.2) is 8.98 Å². The van der Waals surface area contributed by atoms with E-state index in [0.29, 0.717) is 42.8 Å². The lowest BCUT2D eigenvalue weighted by atomic mass is 9.46. The van der Waals surface area contributed by atoms with Crippen molar-refractivity contribution in [1.82, 2.24) is 0 Å². The Kier molecular flexibility index (Phi) is 5.72. The van der Waals surface area contributed by atoms with E-state index in [0.717, 1.165) is 37.7 Å². The molecule has 6 rings (SSSR count). The third-order valence-corrected chi connectivity index (χ3v) is 12.1. The van der Waals surface area contributed by atoms with Crippen LogP contribution in [0.1, 0.15) is 72.1 Å². The molecule has 2 bridgehead atoms. The summed E-state index contributed by atoms with van der Waals surface area (Å²) in [5.74, 6) is 1.29. The second kappa shape index (κ2) is 8.23. The molecule has 5 fully saturated rings. The summed E-state index contributed by atoms with van der Waals surface area (Å²) in [6, 6.07) is 0. The predicted molar refractivity (Wildman–Crippen MR) is 133 cm³/mol. The summed E-state index contributed by atoms with van der Waals surface area (Å²) in [5.41, 5.74) is 0.213. The van der Waals surface area contributed by atoms with Gasteiger partial charge in [0.15, 0.2) is 0 Å². The zero-order valence-electron chi connectivity index (χ0n) is 21.9. The second-order valence-corrected chi connectivity index (χ2v) is 14.1. The number of ketones is 1. The van der Waals surface area contributed by atoms with Crippen LogP contribution in [0.25, 0.3) is 0 Å². The van der Waals surface area contributed by atoms with Gasteiger partial charge in [0, 0.05) is 18.8 Å². The summed E-state index contributed by atoms with van der Waals surface area (Å²) >= 11 is 0. The summed E-state index contributed by atoms with van der Waals surface area (Å²) in [5, 5.41) is 0. The third-order valence-electron chi connectivity index (χ3n) is 11.6. The molecule has 0 aromatic heterocycles.